The SMILES string of the molecule is Cc1cc(C(C)(O)C2CCNCC2)ccc1F. The van der Waals surface area contributed by atoms with E-state index in [0.29, 0.717) is 5.56 Å². The summed E-state index contributed by atoms with van der Waals surface area (Å²) in [5, 5.41) is 14.0. The van der Waals surface area contributed by atoms with Crippen molar-refractivity contribution in [2.24, 2.45) is 5.92 Å². The van der Waals surface area contributed by atoms with Crippen molar-refractivity contribution in [3.05, 3.63) is 35.1 Å². The minimum atomic E-state index is -0.861. The number of piperidine rings is 1. The Labute approximate surface area is 102 Å². The first-order valence-corrected chi connectivity index (χ1v) is 6.21. The van der Waals surface area contributed by atoms with Gasteiger partial charge >= 0.3 is 0 Å². The number of aliphatic hydroxyl groups is 1. The molecular weight excluding hydrogens is 217 g/mol. The lowest BCUT2D eigenvalue weighted by Crippen LogP contribution is -2.39. The molecule has 1 heterocycles. The normalized spacial score (nSPS) is 21.2. The summed E-state index contributed by atoms with van der Waals surface area (Å²) >= 11 is 0. The van der Waals surface area contributed by atoms with Crippen LogP contribution in [0, 0.1) is 18.7 Å². The summed E-state index contributed by atoms with van der Waals surface area (Å²) in [6, 6.07) is 4.90. The molecule has 2 rings (SSSR count). The maximum atomic E-state index is 13.2. The highest BCUT2D eigenvalue weighted by atomic mass is 19.1. The molecule has 2 N–H and O–H groups in total. The molecule has 0 aromatic heterocycles. The van der Waals surface area contributed by atoms with Crippen LogP contribution < -0.4 is 5.32 Å². The van der Waals surface area contributed by atoms with E-state index in [2.05, 4.69) is 5.32 Å². The summed E-state index contributed by atoms with van der Waals surface area (Å²) in [6.45, 7) is 5.47. The summed E-state index contributed by atoms with van der Waals surface area (Å²) in [6.07, 6.45) is 1.92. The number of aryl methyl sites for hydroxylation is 1. The lowest BCUT2D eigenvalue weighted by molar-refractivity contribution is -0.0187. The molecule has 1 fully saturated rings. The largest absolute Gasteiger partial charge is 0.385 e. The maximum absolute atomic E-state index is 13.2. The molecule has 1 aliphatic rings. The van der Waals surface area contributed by atoms with Crippen LogP contribution in [0.5, 0.6) is 0 Å². The van der Waals surface area contributed by atoms with Gasteiger partial charge in [-0.3, -0.25) is 0 Å². The van der Waals surface area contributed by atoms with Gasteiger partial charge in [0.25, 0.3) is 0 Å². The van der Waals surface area contributed by atoms with E-state index in [0.717, 1.165) is 31.5 Å². The number of halogens is 1. The highest BCUT2D eigenvalue weighted by molar-refractivity contribution is 5.29. The Morgan fingerprint density at radius 2 is 2.00 bits per heavy atom. The molecule has 0 radical (unpaired) electrons. The second kappa shape index (κ2) is 4.75. The molecule has 3 heteroatoms. The van der Waals surface area contributed by atoms with Gasteiger partial charge < -0.3 is 10.4 Å². The van der Waals surface area contributed by atoms with E-state index in [1.54, 1.807) is 19.1 Å². The van der Waals surface area contributed by atoms with Gasteiger partial charge in [0, 0.05) is 0 Å². The minimum Gasteiger partial charge on any atom is -0.385 e. The molecule has 2 nitrogen and oxygen atoms in total. The zero-order valence-corrected chi connectivity index (χ0v) is 10.5. The van der Waals surface area contributed by atoms with Crippen molar-refractivity contribution in [3.63, 3.8) is 0 Å². The smallest absolute Gasteiger partial charge is 0.126 e. The van der Waals surface area contributed by atoms with Crippen LogP contribution in [-0.2, 0) is 5.60 Å². The van der Waals surface area contributed by atoms with Crippen LogP contribution in [0.2, 0.25) is 0 Å². The fourth-order valence-electron chi connectivity index (χ4n) is 2.58. The van der Waals surface area contributed by atoms with Crippen LogP contribution in [0.3, 0.4) is 0 Å². The van der Waals surface area contributed by atoms with Gasteiger partial charge in [-0.05, 0) is 62.9 Å². The molecule has 0 amide bonds. The van der Waals surface area contributed by atoms with Crippen LogP contribution >= 0.6 is 0 Å². The Bertz CT molecular complexity index is 397. The number of benzene rings is 1. The lowest BCUT2D eigenvalue weighted by Gasteiger charge is -2.36. The van der Waals surface area contributed by atoms with Crippen molar-refractivity contribution in [2.75, 3.05) is 13.1 Å². The van der Waals surface area contributed by atoms with Crippen molar-refractivity contribution >= 4 is 0 Å². The van der Waals surface area contributed by atoms with E-state index in [-0.39, 0.29) is 11.7 Å². The predicted molar refractivity (Wildman–Crippen MR) is 66.3 cm³/mol. The first-order chi connectivity index (χ1) is 8.01. The van der Waals surface area contributed by atoms with E-state index < -0.39 is 5.60 Å². The lowest BCUT2D eigenvalue weighted by atomic mass is 9.77. The van der Waals surface area contributed by atoms with Gasteiger partial charge in [0.2, 0.25) is 0 Å². The Kier molecular flexibility index (Phi) is 3.50. The average Bonchev–Trinajstić information content (AvgIpc) is 2.33. The van der Waals surface area contributed by atoms with E-state index in [1.165, 1.54) is 6.07 Å². The monoisotopic (exact) mass is 237 g/mol. The second-order valence-corrected chi connectivity index (χ2v) is 5.14. The van der Waals surface area contributed by atoms with Gasteiger partial charge in [0.1, 0.15) is 5.82 Å². The predicted octanol–water partition coefficient (Wildman–Crippen LogP) is 2.34. The summed E-state index contributed by atoms with van der Waals surface area (Å²) in [5.74, 6) is 0.0310. The van der Waals surface area contributed by atoms with E-state index >= 15 is 0 Å². The molecule has 0 saturated carbocycles. The molecular formula is C14H20FNO. The molecule has 1 aromatic carbocycles. The average molecular weight is 237 g/mol. The highest BCUT2D eigenvalue weighted by Gasteiger charge is 2.34. The Balaban J connectivity index is 2.26. The van der Waals surface area contributed by atoms with Crippen LogP contribution in [0.15, 0.2) is 18.2 Å². The summed E-state index contributed by atoms with van der Waals surface area (Å²) in [7, 11) is 0. The fourth-order valence-corrected chi connectivity index (χ4v) is 2.58. The Morgan fingerprint density at radius 3 is 2.59 bits per heavy atom. The molecule has 1 saturated heterocycles. The third kappa shape index (κ3) is 2.50. The Hall–Kier alpha value is -0.930. The van der Waals surface area contributed by atoms with Crippen LogP contribution in [-0.4, -0.2) is 18.2 Å². The first-order valence-electron chi connectivity index (χ1n) is 6.21. The molecule has 94 valence electrons. The standard InChI is InChI=1S/C14H20FNO/c1-10-9-12(3-4-13(10)15)14(2,17)11-5-7-16-8-6-11/h3-4,9,11,16-17H,5-8H2,1-2H3. The minimum absolute atomic E-state index is 0.213. The van der Waals surface area contributed by atoms with Gasteiger partial charge in [-0.15, -0.1) is 0 Å². The van der Waals surface area contributed by atoms with E-state index in [9.17, 15) is 9.50 Å². The molecule has 1 aromatic rings. The van der Waals surface area contributed by atoms with Crippen LogP contribution in [0.4, 0.5) is 4.39 Å². The Morgan fingerprint density at radius 1 is 1.35 bits per heavy atom. The molecule has 1 aliphatic heterocycles. The fraction of sp³-hybridized carbons (Fsp3) is 0.571. The second-order valence-electron chi connectivity index (χ2n) is 5.14. The molecule has 1 atom stereocenters. The highest BCUT2D eigenvalue weighted by Crippen LogP contribution is 2.35. The van der Waals surface area contributed by atoms with Gasteiger partial charge in [-0.25, -0.2) is 4.39 Å². The van der Waals surface area contributed by atoms with Crippen molar-refractivity contribution in [1.29, 1.82) is 0 Å². The summed E-state index contributed by atoms with van der Waals surface area (Å²) in [4.78, 5) is 0. The zero-order valence-electron chi connectivity index (χ0n) is 10.5. The third-order valence-electron chi connectivity index (χ3n) is 3.88. The number of nitrogens with one attached hydrogen (secondary N) is 1. The molecule has 0 aliphatic carbocycles. The van der Waals surface area contributed by atoms with Crippen molar-refractivity contribution in [1.82, 2.24) is 5.32 Å². The number of hydrogen-bond donors (Lipinski definition) is 2. The third-order valence-corrected chi connectivity index (χ3v) is 3.88. The van der Waals surface area contributed by atoms with Gasteiger partial charge in [0.15, 0.2) is 0 Å². The van der Waals surface area contributed by atoms with Crippen molar-refractivity contribution < 1.29 is 9.50 Å². The van der Waals surface area contributed by atoms with Crippen LogP contribution in [0.25, 0.3) is 0 Å². The molecule has 0 bridgehead atoms. The molecule has 0 spiro atoms. The summed E-state index contributed by atoms with van der Waals surface area (Å²) < 4.78 is 13.2. The van der Waals surface area contributed by atoms with Gasteiger partial charge in [-0.1, -0.05) is 12.1 Å². The van der Waals surface area contributed by atoms with Crippen LogP contribution in [0.1, 0.15) is 30.9 Å². The first kappa shape index (κ1) is 12.5. The topological polar surface area (TPSA) is 32.3 Å². The van der Waals surface area contributed by atoms with Crippen molar-refractivity contribution in [2.45, 2.75) is 32.3 Å². The van der Waals surface area contributed by atoms with Crippen molar-refractivity contribution in [3.8, 4) is 0 Å². The van der Waals surface area contributed by atoms with E-state index in [4.69, 9.17) is 0 Å². The number of hydrogen-bond acceptors (Lipinski definition) is 2. The van der Waals surface area contributed by atoms with Gasteiger partial charge in [-0.2, -0.15) is 0 Å². The quantitative estimate of drug-likeness (QED) is 0.827. The maximum Gasteiger partial charge on any atom is 0.126 e. The van der Waals surface area contributed by atoms with E-state index in [1.807, 2.05) is 6.92 Å². The van der Waals surface area contributed by atoms with Gasteiger partial charge in [0.05, 0.1) is 5.60 Å². The molecule has 17 heavy (non-hydrogen) atoms. The molecule has 1 unspecified atom stereocenters. The summed E-state index contributed by atoms with van der Waals surface area (Å²) in [5.41, 5.74) is 0.556. The number of rotatable bonds is 2. The zero-order chi connectivity index (χ0) is 12.5.